The largest absolute Gasteiger partial charge is 0.440 e. The number of nitrogens with zero attached hydrogens (tertiary/aromatic N) is 1. The molecular weight excluding hydrogens is 376 g/mol. The van der Waals surface area contributed by atoms with Gasteiger partial charge in [-0.2, -0.15) is 0 Å². The van der Waals surface area contributed by atoms with Gasteiger partial charge in [0.05, 0.1) is 18.0 Å². The molecule has 1 aliphatic rings. The molecule has 0 aliphatic carbocycles. The summed E-state index contributed by atoms with van der Waals surface area (Å²) in [4.78, 5) is 15.1. The Morgan fingerprint density at radius 1 is 1.13 bits per heavy atom. The van der Waals surface area contributed by atoms with Crippen LogP contribution in [0.1, 0.15) is 48.9 Å². The van der Waals surface area contributed by atoms with Gasteiger partial charge in [-0.3, -0.25) is 4.79 Å². The van der Waals surface area contributed by atoms with Gasteiger partial charge in [-0.05, 0) is 50.8 Å². The SMILES string of the molecule is COCc1ccccc1N[C@H](C)c1cc(C)cc2c(=O)cc(N3CCCCC3)oc12. The summed E-state index contributed by atoms with van der Waals surface area (Å²) in [6.07, 6.45) is 3.51. The highest BCUT2D eigenvalue weighted by Crippen LogP contribution is 2.31. The fraction of sp³-hybridized carbons (Fsp3) is 0.400. The van der Waals surface area contributed by atoms with E-state index in [1.807, 2.05) is 25.1 Å². The van der Waals surface area contributed by atoms with Gasteiger partial charge >= 0.3 is 0 Å². The average Bonchev–Trinajstić information content (AvgIpc) is 2.76. The predicted molar refractivity (Wildman–Crippen MR) is 122 cm³/mol. The summed E-state index contributed by atoms with van der Waals surface area (Å²) in [5, 5.41) is 4.24. The van der Waals surface area contributed by atoms with Gasteiger partial charge in [0.25, 0.3) is 0 Å². The molecule has 0 unspecified atom stereocenters. The van der Waals surface area contributed by atoms with Gasteiger partial charge in [-0.1, -0.05) is 24.3 Å². The Morgan fingerprint density at radius 3 is 2.67 bits per heavy atom. The third-order valence-electron chi connectivity index (χ3n) is 5.81. The first-order chi connectivity index (χ1) is 14.6. The zero-order valence-corrected chi connectivity index (χ0v) is 18.0. The maximum Gasteiger partial charge on any atom is 0.200 e. The molecule has 5 heteroatoms. The number of hydrogen-bond donors (Lipinski definition) is 1. The van der Waals surface area contributed by atoms with E-state index in [0.29, 0.717) is 23.5 Å². The second-order valence-electron chi connectivity index (χ2n) is 8.18. The molecular formula is C25H30N2O3. The number of anilines is 2. The van der Waals surface area contributed by atoms with Crippen molar-refractivity contribution in [1.82, 2.24) is 0 Å². The summed E-state index contributed by atoms with van der Waals surface area (Å²) >= 11 is 0. The molecule has 1 aliphatic heterocycles. The number of fused-ring (bicyclic) bond motifs is 1. The van der Waals surface area contributed by atoms with Gasteiger partial charge in [0.15, 0.2) is 11.3 Å². The summed E-state index contributed by atoms with van der Waals surface area (Å²) in [7, 11) is 1.70. The van der Waals surface area contributed by atoms with E-state index in [9.17, 15) is 4.79 Å². The molecule has 3 aromatic rings. The Labute approximate surface area is 177 Å². The van der Waals surface area contributed by atoms with Gasteiger partial charge in [-0.25, -0.2) is 0 Å². The maximum absolute atomic E-state index is 12.9. The third-order valence-corrected chi connectivity index (χ3v) is 5.81. The van der Waals surface area contributed by atoms with Crippen molar-refractivity contribution in [2.75, 3.05) is 30.4 Å². The fourth-order valence-electron chi connectivity index (χ4n) is 4.27. The zero-order valence-electron chi connectivity index (χ0n) is 18.0. The number of para-hydroxylation sites is 1. The van der Waals surface area contributed by atoms with Crippen LogP contribution in [0.4, 0.5) is 11.6 Å². The summed E-state index contributed by atoms with van der Waals surface area (Å²) in [6.45, 7) is 6.54. The second-order valence-corrected chi connectivity index (χ2v) is 8.18. The van der Waals surface area contributed by atoms with E-state index in [1.165, 1.54) is 6.42 Å². The van der Waals surface area contributed by atoms with E-state index < -0.39 is 0 Å². The molecule has 0 amide bonds. The van der Waals surface area contributed by atoms with Crippen molar-refractivity contribution < 1.29 is 9.15 Å². The monoisotopic (exact) mass is 406 g/mol. The van der Waals surface area contributed by atoms with Crippen molar-refractivity contribution in [3.63, 3.8) is 0 Å². The molecule has 1 atom stereocenters. The van der Waals surface area contributed by atoms with Crippen LogP contribution in [0.3, 0.4) is 0 Å². The van der Waals surface area contributed by atoms with Crippen LogP contribution in [0.25, 0.3) is 11.0 Å². The van der Waals surface area contributed by atoms with Gasteiger partial charge < -0.3 is 19.4 Å². The standard InChI is InChI=1S/C25H30N2O3/c1-17-13-20(18(2)26-22-10-6-5-9-19(22)16-29-3)25-21(14-17)23(28)15-24(30-25)27-11-7-4-8-12-27/h5-6,9-10,13-15,18,26H,4,7-8,11-12,16H2,1-3H3/t18-/m1/s1. The van der Waals surface area contributed by atoms with E-state index in [1.54, 1.807) is 13.2 Å². The lowest BCUT2D eigenvalue weighted by molar-refractivity contribution is 0.185. The number of benzene rings is 2. The number of rotatable bonds is 6. The van der Waals surface area contributed by atoms with E-state index in [0.717, 1.165) is 48.3 Å². The van der Waals surface area contributed by atoms with Gasteiger partial charge in [0, 0.05) is 43.1 Å². The fourth-order valence-corrected chi connectivity index (χ4v) is 4.27. The number of ether oxygens (including phenoxy) is 1. The van der Waals surface area contributed by atoms with E-state index in [-0.39, 0.29) is 11.5 Å². The molecule has 0 saturated carbocycles. The first-order valence-electron chi connectivity index (χ1n) is 10.7. The van der Waals surface area contributed by atoms with Crippen molar-refractivity contribution in [3.8, 4) is 0 Å². The molecule has 4 rings (SSSR count). The first kappa shape index (κ1) is 20.5. The molecule has 1 N–H and O–H groups in total. The van der Waals surface area contributed by atoms with Crippen LogP contribution in [0.2, 0.25) is 0 Å². The zero-order chi connectivity index (χ0) is 21.1. The van der Waals surface area contributed by atoms with E-state index >= 15 is 0 Å². The molecule has 1 saturated heterocycles. The first-order valence-corrected chi connectivity index (χ1v) is 10.7. The Morgan fingerprint density at radius 2 is 1.90 bits per heavy atom. The van der Waals surface area contributed by atoms with Gasteiger partial charge in [0.2, 0.25) is 0 Å². The molecule has 0 spiro atoms. The number of hydrogen-bond acceptors (Lipinski definition) is 5. The molecule has 158 valence electrons. The molecule has 2 heterocycles. The average molecular weight is 407 g/mol. The lowest BCUT2D eigenvalue weighted by atomic mass is 10.0. The minimum absolute atomic E-state index is 0.0220. The number of methoxy groups -OCH3 is 1. The smallest absolute Gasteiger partial charge is 0.200 e. The summed E-state index contributed by atoms with van der Waals surface area (Å²) in [5.41, 5.74) is 4.87. The lowest BCUT2D eigenvalue weighted by Gasteiger charge is -2.27. The topological polar surface area (TPSA) is 54.7 Å². The van der Waals surface area contributed by atoms with Crippen LogP contribution in [0.15, 0.2) is 51.7 Å². The number of aryl methyl sites for hydroxylation is 1. The highest BCUT2D eigenvalue weighted by molar-refractivity contribution is 5.82. The highest BCUT2D eigenvalue weighted by atomic mass is 16.5. The molecule has 1 fully saturated rings. The lowest BCUT2D eigenvalue weighted by Crippen LogP contribution is -2.30. The van der Waals surface area contributed by atoms with Gasteiger partial charge in [-0.15, -0.1) is 0 Å². The van der Waals surface area contributed by atoms with Crippen molar-refractivity contribution in [2.45, 2.75) is 45.8 Å². The van der Waals surface area contributed by atoms with Crippen molar-refractivity contribution in [1.29, 1.82) is 0 Å². The van der Waals surface area contributed by atoms with E-state index in [4.69, 9.17) is 9.15 Å². The van der Waals surface area contributed by atoms with Crippen LogP contribution < -0.4 is 15.6 Å². The van der Waals surface area contributed by atoms with Crippen LogP contribution in [-0.2, 0) is 11.3 Å². The van der Waals surface area contributed by atoms with E-state index in [2.05, 4.69) is 35.3 Å². The van der Waals surface area contributed by atoms with Crippen molar-refractivity contribution >= 4 is 22.5 Å². The molecule has 1 aromatic heterocycles. The van der Waals surface area contributed by atoms with Crippen LogP contribution in [0.5, 0.6) is 0 Å². The van der Waals surface area contributed by atoms with Crippen LogP contribution >= 0.6 is 0 Å². The predicted octanol–water partition coefficient (Wildman–Crippen LogP) is 5.41. The molecule has 30 heavy (non-hydrogen) atoms. The maximum atomic E-state index is 12.9. The second kappa shape index (κ2) is 8.92. The normalized spacial score (nSPS) is 15.4. The molecule has 0 bridgehead atoms. The summed E-state index contributed by atoms with van der Waals surface area (Å²) < 4.78 is 11.7. The molecule has 5 nitrogen and oxygen atoms in total. The molecule has 2 aromatic carbocycles. The Balaban J connectivity index is 1.75. The summed E-state index contributed by atoms with van der Waals surface area (Å²) in [6, 6.07) is 13.8. The Bertz CT molecular complexity index is 1080. The number of piperidine rings is 1. The Kier molecular flexibility index (Phi) is 6.09. The van der Waals surface area contributed by atoms with Crippen LogP contribution in [-0.4, -0.2) is 20.2 Å². The van der Waals surface area contributed by atoms with Crippen molar-refractivity contribution in [3.05, 3.63) is 69.4 Å². The minimum atomic E-state index is -0.0369. The van der Waals surface area contributed by atoms with Gasteiger partial charge in [0.1, 0.15) is 5.58 Å². The molecule has 0 radical (unpaired) electrons. The van der Waals surface area contributed by atoms with Crippen LogP contribution in [0, 0.1) is 6.92 Å². The third kappa shape index (κ3) is 4.21. The minimum Gasteiger partial charge on any atom is -0.440 e. The quantitative estimate of drug-likeness (QED) is 0.593. The Hall–Kier alpha value is -2.79. The highest BCUT2D eigenvalue weighted by Gasteiger charge is 2.19. The summed E-state index contributed by atoms with van der Waals surface area (Å²) in [5.74, 6) is 0.685. The number of nitrogens with one attached hydrogen (secondary N) is 1. The van der Waals surface area contributed by atoms with Crippen molar-refractivity contribution in [2.24, 2.45) is 0 Å².